The van der Waals surface area contributed by atoms with E-state index in [9.17, 15) is 13.2 Å². The molecular weight excluding hydrogens is 358 g/mol. The molecule has 1 aliphatic rings. The number of anilines is 1. The van der Waals surface area contributed by atoms with Crippen LogP contribution in [-0.4, -0.2) is 43.0 Å². The Morgan fingerprint density at radius 1 is 1.39 bits per heavy atom. The van der Waals surface area contributed by atoms with Crippen LogP contribution in [0.3, 0.4) is 0 Å². The van der Waals surface area contributed by atoms with Crippen molar-refractivity contribution in [2.45, 2.75) is 12.8 Å². The summed E-state index contributed by atoms with van der Waals surface area (Å²) in [5, 5.41) is 4.00. The number of nitrogens with one attached hydrogen (secondary N) is 1. The van der Waals surface area contributed by atoms with E-state index in [0.717, 1.165) is 10.2 Å². The standard InChI is InChI=1S/C14H16ClN3O3S2/c1-23(20,21)18-6-4-9(5-7-18)13(19)17-14-16-11-3-2-10(15)8-12(11)22-14/h2-3,8-9H,4-7H2,1H3,(H,16,17,19). The average Bonchev–Trinajstić information content (AvgIpc) is 2.87. The fourth-order valence-electron chi connectivity index (χ4n) is 2.61. The molecular formula is C14H16ClN3O3S2. The van der Waals surface area contributed by atoms with E-state index in [0.29, 0.717) is 36.1 Å². The van der Waals surface area contributed by atoms with Crippen LogP contribution in [0.5, 0.6) is 0 Å². The molecule has 2 heterocycles. The van der Waals surface area contributed by atoms with Crippen molar-refractivity contribution in [3.05, 3.63) is 23.2 Å². The molecule has 9 heteroatoms. The van der Waals surface area contributed by atoms with Gasteiger partial charge in [-0.15, -0.1) is 0 Å². The minimum atomic E-state index is -3.18. The molecule has 1 aromatic heterocycles. The number of aromatic nitrogens is 1. The molecule has 1 fully saturated rings. The second-order valence-corrected chi connectivity index (χ2v) is 9.01. The number of sulfonamides is 1. The number of benzene rings is 1. The molecule has 0 unspecified atom stereocenters. The highest BCUT2D eigenvalue weighted by atomic mass is 35.5. The summed E-state index contributed by atoms with van der Waals surface area (Å²) in [5.74, 6) is -0.299. The van der Waals surface area contributed by atoms with Crippen LogP contribution in [0.2, 0.25) is 5.02 Å². The predicted octanol–water partition coefficient (Wildman–Crippen LogP) is 2.56. The summed E-state index contributed by atoms with van der Waals surface area (Å²) in [4.78, 5) is 16.7. The molecule has 1 N–H and O–H groups in total. The summed E-state index contributed by atoms with van der Waals surface area (Å²) in [7, 11) is -3.18. The maximum Gasteiger partial charge on any atom is 0.229 e. The maximum atomic E-state index is 12.3. The summed E-state index contributed by atoms with van der Waals surface area (Å²) in [6.45, 7) is 0.763. The number of carbonyl (C=O) groups excluding carboxylic acids is 1. The van der Waals surface area contributed by atoms with Crippen LogP contribution in [0, 0.1) is 5.92 Å². The first-order valence-corrected chi connectivity index (χ1v) is 10.2. The number of hydrogen-bond donors (Lipinski definition) is 1. The number of amides is 1. The Morgan fingerprint density at radius 2 is 2.09 bits per heavy atom. The van der Waals surface area contributed by atoms with Crippen LogP contribution >= 0.6 is 22.9 Å². The molecule has 1 amide bonds. The first kappa shape index (κ1) is 16.6. The Hall–Kier alpha value is -1.22. The van der Waals surface area contributed by atoms with Crippen molar-refractivity contribution in [2.75, 3.05) is 24.7 Å². The van der Waals surface area contributed by atoms with Gasteiger partial charge in [-0.1, -0.05) is 22.9 Å². The molecule has 0 saturated carbocycles. The maximum absolute atomic E-state index is 12.3. The van der Waals surface area contributed by atoms with E-state index in [2.05, 4.69) is 10.3 Å². The van der Waals surface area contributed by atoms with Crippen LogP contribution < -0.4 is 5.32 Å². The van der Waals surface area contributed by atoms with Crippen molar-refractivity contribution >= 4 is 54.2 Å². The predicted molar refractivity (Wildman–Crippen MR) is 92.4 cm³/mol. The van der Waals surface area contributed by atoms with Gasteiger partial charge in [0.15, 0.2) is 5.13 Å². The Labute approximate surface area is 143 Å². The van der Waals surface area contributed by atoms with Gasteiger partial charge in [-0.05, 0) is 31.0 Å². The molecule has 3 rings (SSSR count). The number of rotatable bonds is 3. The Kier molecular flexibility index (Phi) is 4.59. The highest BCUT2D eigenvalue weighted by molar-refractivity contribution is 7.88. The number of thiazole rings is 1. The van der Waals surface area contributed by atoms with Crippen LogP contribution in [-0.2, 0) is 14.8 Å². The van der Waals surface area contributed by atoms with Gasteiger partial charge in [-0.25, -0.2) is 17.7 Å². The number of nitrogens with zero attached hydrogens (tertiary/aromatic N) is 2. The number of piperidine rings is 1. The van der Waals surface area contributed by atoms with Crippen molar-refractivity contribution in [3.63, 3.8) is 0 Å². The fraction of sp³-hybridized carbons (Fsp3) is 0.429. The number of carbonyl (C=O) groups is 1. The molecule has 0 radical (unpaired) electrons. The zero-order valence-electron chi connectivity index (χ0n) is 12.5. The molecule has 0 bridgehead atoms. The molecule has 124 valence electrons. The SMILES string of the molecule is CS(=O)(=O)N1CCC(C(=O)Nc2nc3ccc(Cl)cc3s2)CC1. The van der Waals surface area contributed by atoms with Gasteiger partial charge in [0.05, 0.1) is 16.5 Å². The summed E-state index contributed by atoms with van der Waals surface area (Å²) >= 11 is 7.32. The van der Waals surface area contributed by atoms with Crippen LogP contribution in [0.25, 0.3) is 10.2 Å². The molecule has 1 saturated heterocycles. The van der Waals surface area contributed by atoms with Crippen molar-refractivity contribution in [3.8, 4) is 0 Å². The lowest BCUT2D eigenvalue weighted by Gasteiger charge is -2.29. The molecule has 23 heavy (non-hydrogen) atoms. The van der Waals surface area contributed by atoms with Crippen molar-refractivity contribution in [1.82, 2.24) is 9.29 Å². The largest absolute Gasteiger partial charge is 0.302 e. The minimum absolute atomic E-state index is 0.108. The lowest BCUT2D eigenvalue weighted by Crippen LogP contribution is -2.40. The second kappa shape index (κ2) is 6.35. The third-order valence-corrected chi connectivity index (χ3v) is 6.35. The fourth-order valence-corrected chi connectivity index (χ4v) is 4.63. The van der Waals surface area contributed by atoms with E-state index < -0.39 is 10.0 Å². The van der Waals surface area contributed by atoms with E-state index in [1.807, 2.05) is 12.1 Å². The van der Waals surface area contributed by atoms with Crippen LogP contribution in [0.1, 0.15) is 12.8 Å². The zero-order chi connectivity index (χ0) is 16.6. The Morgan fingerprint density at radius 3 is 2.74 bits per heavy atom. The molecule has 0 spiro atoms. The number of hydrogen-bond acceptors (Lipinski definition) is 5. The summed E-state index contributed by atoms with van der Waals surface area (Å²) in [5.41, 5.74) is 0.793. The smallest absolute Gasteiger partial charge is 0.229 e. The Balaban J connectivity index is 1.65. The van der Waals surface area contributed by atoms with Crippen LogP contribution in [0.15, 0.2) is 18.2 Å². The molecule has 1 aliphatic heterocycles. The van der Waals surface area contributed by atoms with E-state index in [1.165, 1.54) is 21.9 Å². The van der Waals surface area contributed by atoms with Gasteiger partial charge in [0.1, 0.15) is 0 Å². The van der Waals surface area contributed by atoms with Crippen molar-refractivity contribution < 1.29 is 13.2 Å². The average molecular weight is 374 g/mol. The molecule has 0 aliphatic carbocycles. The van der Waals surface area contributed by atoms with Gasteiger partial charge >= 0.3 is 0 Å². The lowest BCUT2D eigenvalue weighted by molar-refractivity contribution is -0.120. The first-order valence-electron chi connectivity index (χ1n) is 7.15. The summed E-state index contributed by atoms with van der Waals surface area (Å²) < 4.78 is 25.3. The van der Waals surface area contributed by atoms with Gasteiger partial charge in [0.25, 0.3) is 0 Å². The minimum Gasteiger partial charge on any atom is -0.302 e. The normalized spacial score (nSPS) is 17.5. The van der Waals surface area contributed by atoms with E-state index in [1.54, 1.807) is 6.07 Å². The van der Waals surface area contributed by atoms with Gasteiger partial charge in [0.2, 0.25) is 15.9 Å². The highest BCUT2D eigenvalue weighted by Gasteiger charge is 2.29. The topological polar surface area (TPSA) is 79.4 Å². The third kappa shape index (κ3) is 3.82. The molecule has 2 aromatic rings. The third-order valence-electron chi connectivity index (χ3n) is 3.87. The van der Waals surface area contributed by atoms with Gasteiger partial charge in [-0.3, -0.25) is 4.79 Å². The van der Waals surface area contributed by atoms with Gasteiger partial charge in [0, 0.05) is 24.0 Å². The molecule has 6 nitrogen and oxygen atoms in total. The van der Waals surface area contributed by atoms with E-state index in [-0.39, 0.29) is 11.8 Å². The van der Waals surface area contributed by atoms with Crippen molar-refractivity contribution in [1.29, 1.82) is 0 Å². The van der Waals surface area contributed by atoms with E-state index >= 15 is 0 Å². The van der Waals surface area contributed by atoms with Crippen molar-refractivity contribution in [2.24, 2.45) is 5.92 Å². The van der Waals surface area contributed by atoms with Crippen LogP contribution in [0.4, 0.5) is 5.13 Å². The first-order chi connectivity index (χ1) is 10.8. The Bertz CT molecular complexity index is 842. The van der Waals surface area contributed by atoms with Gasteiger partial charge < -0.3 is 5.32 Å². The molecule has 0 atom stereocenters. The highest BCUT2D eigenvalue weighted by Crippen LogP contribution is 2.29. The quantitative estimate of drug-likeness (QED) is 0.896. The monoisotopic (exact) mass is 373 g/mol. The summed E-state index contributed by atoms with van der Waals surface area (Å²) in [6.07, 6.45) is 2.24. The van der Waals surface area contributed by atoms with E-state index in [4.69, 9.17) is 11.6 Å². The molecule has 1 aromatic carbocycles. The number of halogens is 1. The van der Waals surface area contributed by atoms with Gasteiger partial charge in [-0.2, -0.15) is 0 Å². The summed E-state index contributed by atoms with van der Waals surface area (Å²) in [6, 6.07) is 5.39. The zero-order valence-corrected chi connectivity index (χ0v) is 14.8. The number of fused-ring (bicyclic) bond motifs is 1. The lowest BCUT2D eigenvalue weighted by atomic mass is 9.97. The second-order valence-electron chi connectivity index (χ2n) is 5.56.